The maximum atomic E-state index is 12.2. The van der Waals surface area contributed by atoms with Crippen LogP contribution in [0, 0.1) is 0 Å². The second-order valence-electron chi connectivity index (χ2n) is 7.79. The van der Waals surface area contributed by atoms with Crippen LogP contribution >= 0.6 is 0 Å². The van der Waals surface area contributed by atoms with Crippen LogP contribution in [-0.2, 0) is 19.2 Å². The summed E-state index contributed by atoms with van der Waals surface area (Å²) in [6.45, 7) is 12.3. The van der Waals surface area contributed by atoms with Crippen molar-refractivity contribution >= 4 is 23.4 Å². The number of nitrogens with zero attached hydrogens (tertiary/aromatic N) is 2. The van der Waals surface area contributed by atoms with Crippen molar-refractivity contribution in [1.82, 2.24) is 20.4 Å². The number of hydrogen-bond acceptors (Lipinski definition) is 6. The molecular formula is C22H42N4O4. The molecule has 0 spiro atoms. The maximum Gasteiger partial charge on any atom is 0.221 e. The van der Waals surface area contributed by atoms with Gasteiger partial charge in [0, 0.05) is 71.5 Å². The van der Waals surface area contributed by atoms with Crippen LogP contribution in [-0.4, -0.2) is 85.5 Å². The molecule has 0 saturated carbocycles. The standard InChI is InChI=1S/C22H42N4O4/c1-5-11-23-21(29)10-17-26(15-8-20(4)28)18-12-24-22(30)9-16-25(13-6-2)14-7-19(3)27/h5-18H2,1-4H3,(H,23,29)(H,24,30). The zero-order valence-corrected chi connectivity index (χ0v) is 19.4. The lowest BCUT2D eigenvalue weighted by atomic mass is 10.2. The average Bonchev–Trinajstić information content (AvgIpc) is 2.69. The van der Waals surface area contributed by atoms with Gasteiger partial charge in [-0.3, -0.25) is 19.2 Å². The highest BCUT2D eigenvalue weighted by molar-refractivity contribution is 5.77. The van der Waals surface area contributed by atoms with Gasteiger partial charge in [-0.1, -0.05) is 13.8 Å². The van der Waals surface area contributed by atoms with Crippen LogP contribution in [0.3, 0.4) is 0 Å². The number of hydrogen-bond donors (Lipinski definition) is 2. The van der Waals surface area contributed by atoms with Gasteiger partial charge in [-0.15, -0.1) is 0 Å². The summed E-state index contributed by atoms with van der Waals surface area (Å²) in [5.41, 5.74) is 0. The lowest BCUT2D eigenvalue weighted by Gasteiger charge is -2.23. The van der Waals surface area contributed by atoms with Gasteiger partial charge in [-0.2, -0.15) is 0 Å². The van der Waals surface area contributed by atoms with E-state index in [-0.39, 0.29) is 23.4 Å². The molecule has 174 valence electrons. The Hall–Kier alpha value is -1.80. The van der Waals surface area contributed by atoms with Gasteiger partial charge in [0.05, 0.1) is 0 Å². The molecule has 8 nitrogen and oxygen atoms in total. The van der Waals surface area contributed by atoms with Gasteiger partial charge in [-0.25, -0.2) is 0 Å². The minimum absolute atomic E-state index is 0.00953. The van der Waals surface area contributed by atoms with E-state index in [0.717, 1.165) is 19.4 Å². The third-order valence-electron chi connectivity index (χ3n) is 4.73. The molecule has 0 aromatic heterocycles. The normalized spacial score (nSPS) is 11.0. The molecule has 0 aliphatic heterocycles. The Morgan fingerprint density at radius 3 is 1.43 bits per heavy atom. The van der Waals surface area contributed by atoms with Gasteiger partial charge in [0.25, 0.3) is 0 Å². The first kappa shape index (κ1) is 28.2. The fraction of sp³-hybridized carbons (Fsp3) is 0.818. The highest BCUT2D eigenvalue weighted by Crippen LogP contribution is 1.99. The van der Waals surface area contributed by atoms with E-state index < -0.39 is 0 Å². The Balaban J connectivity index is 4.30. The average molecular weight is 427 g/mol. The van der Waals surface area contributed by atoms with Gasteiger partial charge >= 0.3 is 0 Å². The first-order valence-corrected chi connectivity index (χ1v) is 11.2. The number of rotatable bonds is 19. The highest BCUT2D eigenvalue weighted by Gasteiger charge is 2.11. The van der Waals surface area contributed by atoms with Crippen LogP contribution in [0.4, 0.5) is 0 Å². The van der Waals surface area contributed by atoms with E-state index in [2.05, 4.69) is 22.5 Å². The number of carbonyl (C=O) groups excluding carboxylic acids is 4. The predicted molar refractivity (Wildman–Crippen MR) is 119 cm³/mol. The summed E-state index contributed by atoms with van der Waals surface area (Å²) in [6.07, 6.45) is 3.61. The molecule has 2 N–H and O–H groups in total. The predicted octanol–water partition coefficient (Wildman–Crippen LogP) is 1.38. The maximum absolute atomic E-state index is 12.2. The molecule has 0 aromatic rings. The zero-order chi connectivity index (χ0) is 22.8. The Labute approximate surface area is 182 Å². The van der Waals surface area contributed by atoms with Crippen LogP contribution in [0.15, 0.2) is 0 Å². The molecule has 0 unspecified atom stereocenters. The summed E-state index contributed by atoms with van der Waals surface area (Å²) >= 11 is 0. The van der Waals surface area contributed by atoms with Crippen molar-refractivity contribution in [2.45, 2.75) is 66.2 Å². The van der Waals surface area contributed by atoms with E-state index in [9.17, 15) is 19.2 Å². The number of Topliss-reactive ketones (excluding diaryl/α,β-unsaturated/α-hetero) is 2. The first-order chi connectivity index (χ1) is 14.3. The number of carbonyl (C=O) groups is 4. The van der Waals surface area contributed by atoms with Crippen molar-refractivity contribution in [3.63, 3.8) is 0 Å². The van der Waals surface area contributed by atoms with Gasteiger partial charge in [0.15, 0.2) is 0 Å². The molecule has 0 fully saturated rings. The second kappa shape index (κ2) is 18.0. The number of ketones is 2. The van der Waals surface area contributed by atoms with E-state index in [1.165, 1.54) is 0 Å². The van der Waals surface area contributed by atoms with Crippen LogP contribution in [0.2, 0.25) is 0 Å². The van der Waals surface area contributed by atoms with E-state index in [1.54, 1.807) is 13.8 Å². The van der Waals surface area contributed by atoms with Crippen molar-refractivity contribution in [2.75, 3.05) is 52.4 Å². The molecule has 2 amide bonds. The Bertz CT molecular complexity index is 525. The first-order valence-electron chi connectivity index (χ1n) is 11.2. The van der Waals surface area contributed by atoms with Gasteiger partial charge < -0.3 is 20.4 Å². The van der Waals surface area contributed by atoms with Crippen LogP contribution in [0.5, 0.6) is 0 Å². The summed E-state index contributed by atoms with van der Waals surface area (Å²) in [5.74, 6) is 0.261. The fourth-order valence-electron chi connectivity index (χ4n) is 2.93. The Morgan fingerprint density at radius 2 is 1.00 bits per heavy atom. The van der Waals surface area contributed by atoms with Gasteiger partial charge in [0.1, 0.15) is 11.6 Å². The van der Waals surface area contributed by atoms with E-state index in [1.807, 2.05) is 11.8 Å². The number of amides is 2. The van der Waals surface area contributed by atoms with Crippen LogP contribution in [0.1, 0.15) is 66.2 Å². The van der Waals surface area contributed by atoms with Crippen molar-refractivity contribution in [3.05, 3.63) is 0 Å². The topological polar surface area (TPSA) is 98.8 Å². The molecular weight excluding hydrogens is 384 g/mol. The molecule has 30 heavy (non-hydrogen) atoms. The quantitative estimate of drug-likeness (QED) is 0.324. The summed E-state index contributed by atoms with van der Waals surface area (Å²) < 4.78 is 0. The zero-order valence-electron chi connectivity index (χ0n) is 19.4. The van der Waals surface area contributed by atoms with Gasteiger partial charge in [0.2, 0.25) is 11.8 Å². The molecule has 0 bridgehead atoms. The second-order valence-corrected chi connectivity index (χ2v) is 7.79. The molecule has 0 aliphatic rings. The SMILES string of the molecule is CCCNC(=O)CCN(CCNC(=O)CCN(CCC)CCC(C)=O)CCC(C)=O. The number of nitrogens with one attached hydrogen (secondary N) is 2. The van der Waals surface area contributed by atoms with Gasteiger partial charge in [-0.05, 0) is 33.2 Å². The molecule has 8 heteroatoms. The van der Waals surface area contributed by atoms with Crippen molar-refractivity contribution < 1.29 is 19.2 Å². The van der Waals surface area contributed by atoms with E-state index in [0.29, 0.717) is 71.5 Å². The lowest BCUT2D eigenvalue weighted by Crippen LogP contribution is -2.39. The molecule has 0 saturated heterocycles. The minimum atomic E-state index is -0.0221. The Kier molecular flexibility index (Phi) is 16.9. The monoisotopic (exact) mass is 426 g/mol. The molecule has 0 aromatic carbocycles. The molecule has 0 aliphatic carbocycles. The van der Waals surface area contributed by atoms with Crippen LogP contribution < -0.4 is 10.6 Å². The third-order valence-corrected chi connectivity index (χ3v) is 4.73. The van der Waals surface area contributed by atoms with E-state index in [4.69, 9.17) is 0 Å². The van der Waals surface area contributed by atoms with Crippen molar-refractivity contribution in [2.24, 2.45) is 0 Å². The Morgan fingerprint density at radius 1 is 0.567 bits per heavy atom. The van der Waals surface area contributed by atoms with Crippen molar-refractivity contribution in [3.8, 4) is 0 Å². The fourth-order valence-corrected chi connectivity index (χ4v) is 2.93. The minimum Gasteiger partial charge on any atom is -0.356 e. The highest BCUT2D eigenvalue weighted by atomic mass is 16.2. The molecule has 0 rings (SSSR count). The molecule has 0 atom stereocenters. The summed E-state index contributed by atoms with van der Waals surface area (Å²) in [6, 6.07) is 0. The summed E-state index contributed by atoms with van der Waals surface area (Å²) in [4.78, 5) is 50.7. The largest absolute Gasteiger partial charge is 0.356 e. The third kappa shape index (κ3) is 17.1. The molecule has 0 radical (unpaired) electrons. The van der Waals surface area contributed by atoms with Crippen LogP contribution in [0.25, 0.3) is 0 Å². The summed E-state index contributed by atoms with van der Waals surface area (Å²) in [7, 11) is 0. The van der Waals surface area contributed by atoms with E-state index >= 15 is 0 Å². The molecule has 0 heterocycles. The lowest BCUT2D eigenvalue weighted by molar-refractivity contribution is -0.122. The smallest absolute Gasteiger partial charge is 0.221 e. The summed E-state index contributed by atoms with van der Waals surface area (Å²) in [5, 5.41) is 5.78. The van der Waals surface area contributed by atoms with Crippen molar-refractivity contribution in [1.29, 1.82) is 0 Å².